The molecular formula is C16H16ClNO3S2. The lowest BCUT2D eigenvalue weighted by Crippen LogP contribution is -2.30. The molecule has 7 heteroatoms. The lowest BCUT2D eigenvalue weighted by molar-refractivity contribution is 0.413. The van der Waals surface area contributed by atoms with Crippen molar-refractivity contribution in [1.29, 1.82) is 0 Å². The van der Waals surface area contributed by atoms with Gasteiger partial charge in [0, 0.05) is 17.3 Å². The van der Waals surface area contributed by atoms with Crippen LogP contribution in [0.5, 0.6) is 5.75 Å². The number of rotatable bonds is 4. The topological polar surface area (TPSA) is 46.6 Å². The van der Waals surface area contributed by atoms with Crippen molar-refractivity contribution in [2.75, 3.05) is 19.4 Å². The van der Waals surface area contributed by atoms with Gasteiger partial charge in [0.2, 0.25) is 10.0 Å². The molecule has 0 aliphatic carbocycles. The number of thioether (sulfide) groups is 1. The third-order valence-corrected chi connectivity index (χ3v) is 7.19. The normalized spacial score (nSPS) is 19.0. The molecule has 1 saturated heterocycles. The molecule has 23 heavy (non-hydrogen) atoms. The second-order valence-electron chi connectivity index (χ2n) is 5.07. The molecule has 0 bridgehead atoms. The summed E-state index contributed by atoms with van der Waals surface area (Å²) in [5.41, 5.74) is 0.950. The van der Waals surface area contributed by atoms with Crippen molar-refractivity contribution in [1.82, 2.24) is 4.31 Å². The molecular weight excluding hydrogens is 354 g/mol. The molecule has 1 heterocycles. The van der Waals surface area contributed by atoms with Crippen molar-refractivity contribution in [3.8, 4) is 5.75 Å². The maximum absolute atomic E-state index is 12.9. The van der Waals surface area contributed by atoms with Gasteiger partial charge >= 0.3 is 0 Å². The second-order valence-corrected chi connectivity index (χ2v) is 8.58. The average Bonchev–Trinajstić information content (AvgIpc) is 3.06. The van der Waals surface area contributed by atoms with Crippen molar-refractivity contribution in [2.24, 2.45) is 0 Å². The molecule has 2 aromatic carbocycles. The van der Waals surface area contributed by atoms with Crippen molar-refractivity contribution in [3.63, 3.8) is 0 Å². The fourth-order valence-corrected chi connectivity index (χ4v) is 5.84. The number of halogens is 1. The van der Waals surface area contributed by atoms with E-state index in [0.717, 1.165) is 17.1 Å². The molecule has 0 unspecified atom stereocenters. The van der Waals surface area contributed by atoms with E-state index in [0.29, 0.717) is 11.6 Å². The summed E-state index contributed by atoms with van der Waals surface area (Å²) >= 11 is 7.47. The van der Waals surface area contributed by atoms with Gasteiger partial charge in [0.05, 0.1) is 17.4 Å². The summed E-state index contributed by atoms with van der Waals surface area (Å²) < 4.78 is 32.5. The summed E-state index contributed by atoms with van der Waals surface area (Å²) in [6, 6.07) is 13.8. The predicted molar refractivity (Wildman–Crippen MR) is 93.5 cm³/mol. The molecule has 3 rings (SSSR count). The van der Waals surface area contributed by atoms with Crippen LogP contribution in [0.4, 0.5) is 0 Å². The molecule has 0 aromatic heterocycles. The molecule has 1 atom stereocenters. The van der Waals surface area contributed by atoms with E-state index in [1.54, 1.807) is 47.4 Å². The number of hydrogen-bond acceptors (Lipinski definition) is 4. The Balaban J connectivity index is 1.92. The summed E-state index contributed by atoms with van der Waals surface area (Å²) in [4.78, 5) is 0.267. The zero-order valence-electron chi connectivity index (χ0n) is 12.5. The second kappa shape index (κ2) is 6.73. The average molecular weight is 370 g/mol. The SMILES string of the molecule is COc1ccc([C@@H]2SCCN2S(=O)(=O)c2ccc(Cl)cc2)cc1. The van der Waals surface area contributed by atoms with Gasteiger partial charge in [-0.3, -0.25) is 0 Å². The molecule has 1 fully saturated rings. The quantitative estimate of drug-likeness (QED) is 0.822. The zero-order valence-corrected chi connectivity index (χ0v) is 14.9. The number of hydrogen-bond donors (Lipinski definition) is 0. The highest BCUT2D eigenvalue weighted by molar-refractivity contribution is 8.01. The highest BCUT2D eigenvalue weighted by Gasteiger charge is 2.36. The van der Waals surface area contributed by atoms with E-state index in [1.807, 2.05) is 24.3 Å². The fourth-order valence-electron chi connectivity index (χ4n) is 2.47. The first-order valence-corrected chi connectivity index (χ1v) is 9.92. The third-order valence-electron chi connectivity index (χ3n) is 3.67. The molecule has 0 amide bonds. The van der Waals surface area contributed by atoms with E-state index in [1.165, 1.54) is 0 Å². The Morgan fingerprint density at radius 1 is 1.13 bits per heavy atom. The highest BCUT2D eigenvalue weighted by atomic mass is 35.5. The van der Waals surface area contributed by atoms with Gasteiger partial charge in [-0.1, -0.05) is 23.7 Å². The van der Waals surface area contributed by atoms with Gasteiger partial charge in [-0.25, -0.2) is 8.42 Å². The lowest BCUT2D eigenvalue weighted by atomic mass is 10.2. The molecule has 0 saturated carbocycles. The third kappa shape index (κ3) is 3.35. The molecule has 0 N–H and O–H groups in total. The number of sulfonamides is 1. The van der Waals surface area contributed by atoms with Gasteiger partial charge in [-0.15, -0.1) is 11.8 Å². The molecule has 4 nitrogen and oxygen atoms in total. The summed E-state index contributed by atoms with van der Waals surface area (Å²) in [6.07, 6.45) is 0. The smallest absolute Gasteiger partial charge is 0.244 e. The first-order valence-electron chi connectivity index (χ1n) is 7.05. The highest BCUT2D eigenvalue weighted by Crippen LogP contribution is 2.41. The molecule has 1 aliphatic heterocycles. The predicted octanol–water partition coefficient (Wildman–Crippen LogP) is 3.78. The van der Waals surface area contributed by atoms with Crippen LogP contribution in [0.15, 0.2) is 53.4 Å². The first kappa shape index (κ1) is 16.6. The summed E-state index contributed by atoms with van der Waals surface area (Å²) in [5, 5.41) is 0.299. The van der Waals surface area contributed by atoms with Crippen LogP contribution in [-0.2, 0) is 10.0 Å². The van der Waals surface area contributed by atoms with E-state index in [9.17, 15) is 8.42 Å². The Bertz CT molecular complexity index is 776. The van der Waals surface area contributed by atoms with Crippen LogP contribution in [-0.4, -0.2) is 32.1 Å². The van der Waals surface area contributed by atoms with Crippen molar-refractivity contribution in [2.45, 2.75) is 10.3 Å². The van der Waals surface area contributed by atoms with E-state index in [2.05, 4.69) is 0 Å². The number of ether oxygens (including phenoxy) is 1. The monoisotopic (exact) mass is 369 g/mol. The maximum Gasteiger partial charge on any atom is 0.244 e. The minimum absolute atomic E-state index is 0.221. The Morgan fingerprint density at radius 2 is 1.78 bits per heavy atom. The summed E-state index contributed by atoms with van der Waals surface area (Å²) in [7, 11) is -1.94. The summed E-state index contributed by atoms with van der Waals surface area (Å²) in [6.45, 7) is 0.492. The van der Waals surface area contributed by atoms with Gasteiger partial charge in [0.1, 0.15) is 5.75 Å². The van der Waals surface area contributed by atoms with Gasteiger partial charge in [-0.2, -0.15) is 4.31 Å². The van der Waals surface area contributed by atoms with Crippen LogP contribution in [0, 0.1) is 0 Å². The molecule has 0 spiro atoms. The van der Waals surface area contributed by atoms with Crippen LogP contribution < -0.4 is 4.74 Å². The van der Waals surface area contributed by atoms with E-state index in [-0.39, 0.29) is 10.3 Å². The number of benzene rings is 2. The van der Waals surface area contributed by atoms with E-state index >= 15 is 0 Å². The van der Waals surface area contributed by atoms with Crippen LogP contribution in [0.25, 0.3) is 0 Å². The van der Waals surface area contributed by atoms with Crippen LogP contribution in [0.2, 0.25) is 5.02 Å². The Hall–Kier alpha value is -1.21. The van der Waals surface area contributed by atoms with Crippen LogP contribution in [0.1, 0.15) is 10.9 Å². The van der Waals surface area contributed by atoms with Crippen molar-refractivity contribution >= 4 is 33.4 Å². The fraction of sp³-hybridized carbons (Fsp3) is 0.250. The Kier molecular flexibility index (Phi) is 4.87. The van der Waals surface area contributed by atoms with E-state index in [4.69, 9.17) is 16.3 Å². The number of nitrogens with zero attached hydrogens (tertiary/aromatic N) is 1. The Labute approximate surface area is 145 Å². The largest absolute Gasteiger partial charge is 0.497 e. The molecule has 0 radical (unpaired) electrons. The first-order chi connectivity index (χ1) is 11.0. The maximum atomic E-state index is 12.9. The zero-order chi connectivity index (χ0) is 16.4. The van der Waals surface area contributed by atoms with Gasteiger partial charge in [-0.05, 0) is 42.0 Å². The summed E-state index contributed by atoms with van der Waals surface area (Å²) in [5.74, 6) is 1.52. The van der Waals surface area contributed by atoms with Crippen molar-refractivity contribution in [3.05, 3.63) is 59.1 Å². The number of methoxy groups -OCH3 is 1. The van der Waals surface area contributed by atoms with Gasteiger partial charge in [0.15, 0.2) is 0 Å². The van der Waals surface area contributed by atoms with Crippen LogP contribution in [0.3, 0.4) is 0 Å². The van der Waals surface area contributed by atoms with Gasteiger partial charge in [0.25, 0.3) is 0 Å². The minimum Gasteiger partial charge on any atom is -0.497 e. The molecule has 2 aromatic rings. The molecule has 122 valence electrons. The standard InChI is InChI=1S/C16H16ClNO3S2/c1-21-14-6-2-12(3-7-14)16-18(10-11-22-16)23(19,20)15-8-4-13(17)5-9-15/h2-9,16H,10-11H2,1H3/t16-/m0/s1. The van der Waals surface area contributed by atoms with E-state index < -0.39 is 10.0 Å². The van der Waals surface area contributed by atoms with Crippen molar-refractivity contribution < 1.29 is 13.2 Å². The lowest BCUT2D eigenvalue weighted by Gasteiger charge is -2.23. The van der Waals surface area contributed by atoms with Crippen LogP contribution >= 0.6 is 23.4 Å². The Morgan fingerprint density at radius 3 is 2.39 bits per heavy atom. The molecule has 1 aliphatic rings. The minimum atomic E-state index is -3.55. The van der Waals surface area contributed by atoms with Gasteiger partial charge < -0.3 is 4.74 Å².